The topological polar surface area (TPSA) is 22.1 Å². The van der Waals surface area contributed by atoms with Gasteiger partial charge in [-0.3, -0.25) is 4.98 Å². The van der Waals surface area contributed by atoms with Gasteiger partial charge in [0.05, 0.1) is 12.7 Å². The van der Waals surface area contributed by atoms with Crippen LogP contribution in [0.1, 0.15) is 29.2 Å². The second-order valence-corrected chi connectivity index (χ2v) is 5.11. The lowest BCUT2D eigenvalue weighted by Crippen LogP contribution is -2.12. The fourth-order valence-electron chi connectivity index (χ4n) is 2.11. The molecule has 1 atom stereocenters. The second-order valence-electron chi connectivity index (χ2n) is 5.11. The first-order valence-corrected chi connectivity index (χ1v) is 6.72. The number of rotatable bonds is 5. The highest BCUT2D eigenvalue weighted by molar-refractivity contribution is 5.30. The Labute approximate surface area is 115 Å². The van der Waals surface area contributed by atoms with Gasteiger partial charge in [0.2, 0.25) is 0 Å². The van der Waals surface area contributed by atoms with Gasteiger partial charge in [0.15, 0.2) is 0 Å². The third-order valence-corrected chi connectivity index (χ3v) is 3.30. The maximum atomic E-state index is 5.90. The number of benzene rings is 1. The van der Waals surface area contributed by atoms with Crippen LogP contribution in [0, 0.1) is 13.8 Å². The van der Waals surface area contributed by atoms with E-state index in [0.29, 0.717) is 6.61 Å². The van der Waals surface area contributed by atoms with Crippen molar-refractivity contribution in [1.29, 1.82) is 0 Å². The van der Waals surface area contributed by atoms with Crippen molar-refractivity contribution in [2.45, 2.75) is 39.9 Å². The van der Waals surface area contributed by atoms with Crippen LogP contribution in [-0.2, 0) is 17.8 Å². The molecule has 0 fully saturated rings. The lowest BCUT2D eigenvalue weighted by atomic mass is 10.0. The molecule has 2 nitrogen and oxygen atoms in total. The maximum absolute atomic E-state index is 5.90. The Morgan fingerprint density at radius 3 is 2.58 bits per heavy atom. The number of aryl methyl sites for hydroxylation is 2. The number of nitrogens with zero attached hydrogens (tertiary/aromatic N) is 1. The number of pyridine rings is 1. The normalized spacial score (nSPS) is 12.4. The molecule has 0 saturated heterocycles. The summed E-state index contributed by atoms with van der Waals surface area (Å²) in [6, 6.07) is 10.6. The standard InChI is InChI=1S/C17H21NO/c1-13-4-5-14(2)17(10-13)11-15(3)19-12-16-6-8-18-9-7-16/h4-10,15H,11-12H2,1-3H3. The van der Waals surface area contributed by atoms with E-state index >= 15 is 0 Å². The molecule has 0 radical (unpaired) electrons. The monoisotopic (exact) mass is 255 g/mol. The molecule has 2 aromatic rings. The minimum atomic E-state index is 0.216. The number of aromatic nitrogens is 1. The molecule has 0 aliphatic rings. The highest BCUT2D eigenvalue weighted by atomic mass is 16.5. The van der Waals surface area contributed by atoms with E-state index < -0.39 is 0 Å². The predicted molar refractivity (Wildman–Crippen MR) is 78.1 cm³/mol. The first-order valence-electron chi connectivity index (χ1n) is 6.72. The van der Waals surface area contributed by atoms with Crippen molar-refractivity contribution < 1.29 is 4.74 Å². The Morgan fingerprint density at radius 2 is 1.84 bits per heavy atom. The fourth-order valence-corrected chi connectivity index (χ4v) is 2.11. The SMILES string of the molecule is Cc1ccc(C)c(CC(C)OCc2ccncc2)c1. The molecule has 0 saturated carbocycles. The highest BCUT2D eigenvalue weighted by Crippen LogP contribution is 2.14. The molecule has 1 heterocycles. The van der Waals surface area contributed by atoms with Gasteiger partial charge in [-0.2, -0.15) is 0 Å². The maximum Gasteiger partial charge on any atom is 0.0721 e. The van der Waals surface area contributed by atoms with Crippen LogP contribution in [0.2, 0.25) is 0 Å². The molecule has 0 aliphatic carbocycles. The molecule has 0 aliphatic heterocycles. The van der Waals surface area contributed by atoms with Crippen LogP contribution in [0.3, 0.4) is 0 Å². The molecular weight excluding hydrogens is 234 g/mol. The molecule has 0 N–H and O–H groups in total. The van der Waals surface area contributed by atoms with Crippen LogP contribution in [0.15, 0.2) is 42.7 Å². The van der Waals surface area contributed by atoms with Gasteiger partial charge in [0.25, 0.3) is 0 Å². The molecule has 100 valence electrons. The first-order chi connectivity index (χ1) is 9.15. The summed E-state index contributed by atoms with van der Waals surface area (Å²) in [6.45, 7) is 7.06. The van der Waals surface area contributed by atoms with Gasteiger partial charge in [0, 0.05) is 12.4 Å². The van der Waals surface area contributed by atoms with Gasteiger partial charge < -0.3 is 4.74 Å². The summed E-state index contributed by atoms with van der Waals surface area (Å²) < 4.78 is 5.90. The van der Waals surface area contributed by atoms with E-state index in [2.05, 4.69) is 44.0 Å². The molecule has 1 unspecified atom stereocenters. The Hall–Kier alpha value is -1.67. The van der Waals surface area contributed by atoms with E-state index in [1.54, 1.807) is 12.4 Å². The third kappa shape index (κ3) is 4.18. The summed E-state index contributed by atoms with van der Waals surface area (Å²) in [6.07, 6.45) is 4.77. The van der Waals surface area contributed by atoms with Crippen molar-refractivity contribution in [1.82, 2.24) is 4.98 Å². The zero-order valence-electron chi connectivity index (χ0n) is 11.9. The molecule has 0 spiro atoms. The average Bonchev–Trinajstić information content (AvgIpc) is 2.42. The number of hydrogen-bond donors (Lipinski definition) is 0. The average molecular weight is 255 g/mol. The fraction of sp³-hybridized carbons (Fsp3) is 0.353. The van der Waals surface area contributed by atoms with Gasteiger partial charge >= 0.3 is 0 Å². The summed E-state index contributed by atoms with van der Waals surface area (Å²) in [5.74, 6) is 0. The molecule has 1 aromatic carbocycles. The minimum Gasteiger partial charge on any atom is -0.373 e. The molecule has 2 heteroatoms. The van der Waals surface area contributed by atoms with Gasteiger partial charge in [0.1, 0.15) is 0 Å². The Kier molecular flexibility index (Phi) is 4.69. The summed E-state index contributed by atoms with van der Waals surface area (Å²) in [5, 5.41) is 0. The van der Waals surface area contributed by atoms with Crippen molar-refractivity contribution in [3.63, 3.8) is 0 Å². The first kappa shape index (κ1) is 13.8. The summed E-state index contributed by atoms with van der Waals surface area (Å²) in [5.41, 5.74) is 5.19. The third-order valence-electron chi connectivity index (χ3n) is 3.30. The lowest BCUT2D eigenvalue weighted by molar-refractivity contribution is 0.0534. The highest BCUT2D eigenvalue weighted by Gasteiger charge is 2.07. The lowest BCUT2D eigenvalue weighted by Gasteiger charge is -2.15. The van der Waals surface area contributed by atoms with Crippen LogP contribution < -0.4 is 0 Å². The number of ether oxygens (including phenoxy) is 1. The van der Waals surface area contributed by atoms with E-state index in [1.807, 2.05) is 12.1 Å². The van der Waals surface area contributed by atoms with Crippen molar-refractivity contribution in [2.75, 3.05) is 0 Å². The quantitative estimate of drug-likeness (QED) is 0.809. The van der Waals surface area contributed by atoms with Crippen molar-refractivity contribution in [3.05, 3.63) is 65.0 Å². The van der Waals surface area contributed by atoms with Gasteiger partial charge in [-0.1, -0.05) is 23.8 Å². The Balaban J connectivity index is 1.90. The largest absolute Gasteiger partial charge is 0.373 e. The van der Waals surface area contributed by atoms with E-state index in [-0.39, 0.29) is 6.10 Å². The van der Waals surface area contributed by atoms with Gasteiger partial charge in [-0.05, 0) is 56.0 Å². The smallest absolute Gasteiger partial charge is 0.0721 e. The van der Waals surface area contributed by atoms with Crippen LogP contribution >= 0.6 is 0 Å². The van der Waals surface area contributed by atoms with E-state index in [9.17, 15) is 0 Å². The molecular formula is C17H21NO. The number of hydrogen-bond acceptors (Lipinski definition) is 2. The Morgan fingerprint density at radius 1 is 1.11 bits per heavy atom. The van der Waals surface area contributed by atoms with Crippen molar-refractivity contribution in [2.24, 2.45) is 0 Å². The van der Waals surface area contributed by atoms with Gasteiger partial charge in [-0.25, -0.2) is 0 Å². The Bertz CT molecular complexity index is 522. The summed E-state index contributed by atoms with van der Waals surface area (Å²) >= 11 is 0. The van der Waals surface area contributed by atoms with E-state index in [4.69, 9.17) is 4.74 Å². The summed E-state index contributed by atoms with van der Waals surface area (Å²) in [7, 11) is 0. The van der Waals surface area contributed by atoms with Crippen molar-refractivity contribution >= 4 is 0 Å². The minimum absolute atomic E-state index is 0.216. The molecule has 19 heavy (non-hydrogen) atoms. The predicted octanol–water partition coefficient (Wildman–Crippen LogP) is 3.85. The van der Waals surface area contributed by atoms with Crippen LogP contribution in [0.25, 0.3) is 0 Å². The van der Waals surface area contributed by atoms with Crippen LogP contribution in [0.4, 0.5) is 0 Å². The molecule has 0 bridgehead atoms. The zero-order valence-corrected chi connectivity index (χ0v) is 11.9. The van der Waals surface area contributed by atoms with Gasteiger partial charge in [-0.15, -0.1) is 0 Å². The van der Waals surface area contributed by atoms with Crippen molar-refractivity contribution in [3.8, 4) is 0 Å². The zero-order chi connectivity index (χ0) is 13.7. The van der Waals surface area contributed by atoms with Crippen LogP contribution in [0.5, 0.6) is 0 Å². The molecule has 2 rings (SSSR count). The molecule has 0 amide bonds. The van der Waals surface area contributed by atoms with E-state index in [0.717, 1.165) is 6.42 Å². The summed E-state index contributed by atoms with van der Waals surface area (Å²) in [4.78, 5) is 4.01. The van der Waals surface area contributed by atoms with Crippen LogP contribution in [-0.4, -0.2) is 11.1 Å². The second kappa shape index (κ2) is 6.48. The van der Waals surface area contributed by atoms with E-state index in [1.165, 1.54) is 22.3 Å². The molecule has 1 aromatic heterocycles.